The van der Waals surface area contributed by atoms with Crippen LogP contribution >= 0.6 is 0 Å². The third-order valence-electron chi connectivity index (χ3n) is 10.7. The number of imidazole rings is 1. The van der Waals surface area contributed by atoms with E-state index in [1.54, 1.807) is 0 Å². The van der Waals surface area contributed by atoms with Crippen molar-refractivity contribution in [3.63, 3.8) is 0 Å². The van der Waals surface area contributed by atoms with Crippen molar-refractivity contribution < 1.29 is 4.43 Å². The van der Waals surface area contributed by atoms with E-state index in [0.717, 1.165) is 5.69 Å². The van der Waals surface area contributed by atoms with Gasteiger partial charge >= 0.3 is 0 Å². The van der Waals surface area contributed by atoms with Crippen molar-refractivity contribution in [1.29, 1.82) is 0 Å². The first-order valence-electron chi connectivity index (χ1n) is 19.5. The van der Waals surface area contributed by atoms with E-state index in [0.29, 0.717) is 6.42 Å². The maximum atomic E-state index is 7.21. The van der Waals surface area contributed by atoms with E-state index in [-0.39, 0.29) is 17.6 Å². The smallest absolute Gasteiger partial charge is 0.171 e. The average Bonchev–Trinajstić information content (AvgIpc) is 3.69. The van der Waals surface area contributed by atoms with Gasteiger partial charge in [-0.2, -0.15) is 0 Å². The lowest BCUT2D eigenvalue weighted by molar-refractivity contribution is 0.0421. The first kappa shape index (κ1) is 38.0. The summed E-state index contributed by atoms with van der Waals surface area (Å²) in [5.41, 5.74) is 6.56. The number of benzene rings is 6. The second-order valence-electron chi connectivity index (χ2n) is 15.8. The van der Waals surface area contributed by atoms with Crippen LogP contribution in [0, 0.1) is 5.41 Å². The molecule has 2 atom stereocenters. The first-order valence-corrected chi connectivity index (χ1v) is 22.3. The van der Waals surface area contributed by atoms with Crippen LogP contribution in [0.3, 0.4) is 0 Å². The summed E-state index contributed by atoms with van der Waals surface area (Å²) in [6.45, 7) is 11.5. The Morgan fingerprint density at radius 3 is 1.22 bits per heavy atom. The van der Waals surface area contributed by atoms with Crippen molar-refractivity contribution in [3.05, 3.63) is 234 Å². The quantitative estimate of drug-likeness (QED) is 0.0892. The van der Waals surface area contributed by atoms with Crippen LogP contribution in [-0.2, 0) is 21.9 Å². The largest absolute Gasteiger partial charge is 0.416 e. The minimum Gasteiger partial charge on any atom is -0.416 e. The van der Waals surface area contributed by atoms with Gasteiger partial charge in [0.15, 0.2) is 9.04 Å². The van der Waals surface area contributed by atoms with Gasteiger partial charge < -0.3 is 8.99 Å². The molecule has 0 aliphatic carbocycles. The summed E-state index contributed by atoms with van der Waals surface area (Å²) >= 11 is 0. The van der Waals surface area contributed by atoms with E-state index in [4.69, 9.17) is 9.41 Å². The maximum Gasteiger partial charge on any atom is 0.171 e. The SMILES string of the molecule is C[SiH](C)O[C@H](C(Cc1cncn1C(c1ccccc1)(c1ccccc1)c1ccccc1)NC(c1ccccc1)(c1ccccc1)c1ccccc1)C(C)(C)C. The summed E-state index contributed by atoms with van der Waals surface area (Å²) < 4.78 is 9.63. The van der Waals surface area contributed by atoms with E-state index >= 15 is 0 Å². The Hall–Kier alpha value is -5.33. The molecular weight excluding hydrogens is 687 g/mol. The summed E-state index contributed by atoms with van der Waals surface area (Å²) in [6.07, 6.45) is 4.63. The molecule has 0 spiro atoms. The fraction of sp³-hybridized carbons (Fsp3) is 0.220. The maximum absolute atomic E-state index is 7.21. The monoisotopic (exact) mass is 739 g/mol. The number of nitrogens with zero attached hydrogens (tertiary/aromatic N) is 2. The molecule has 0 bridgehead atoms. The molecule has 1 unspecified atom stereocenters. The molecular formula is C50H53N3OSi. The number of aromatic nitrogens is 2. The standard InChI is InChI=1S/C50H53N3OSi/c1-48(2,3)47(54-55(4)5)46(52-49(39-24-12-6-13-25-39,40-26-14-7-15-27-40)41-28-16-8-17-29-41)36-45-37-51-38-53(45)50(42-30-18-9-19-31-42,43-32-20-10-21-33-43)44-34-22-11-23-35-44/h6-35,37-38,46-47,52,55H,36H2,1-5H3/t46?,47-/m1/s1. The fourth-order valence-corrected chi connectivity index (χ4v) is 9.66. The molecule has 7 aromatic rings. The van der Waals surface area contributed by atoms with Crippen molar-refractivity contribution in [2.24, 2.45) is 5.41 Å². The lowest BCUT2D eigenvalue weighted by Crippen LogP contribution is -2.58. The zero-order valence-corrected chi connectivity index (χ0v) is 33.9. The van der Waals surface area contributed by atoms with Crippen molar-refractivity contribution >= 4 is 9.04 Å². The summed E-state index contributed by atoms with van der Waals surface area (Å²) in [4.78, 5) is 4.97. The molecule has 0 aliphatic heterocycles. The molecule has 1 aromatic heterocycles. The highest BCUT2D eigenvalue weighted by Gasteiger charge is 2.45. The van der Waals surface area contributed by atoms with Crippen molar-refractivity contribution in [2.45, 2.75) is 63.5 Å². The Kier molecular flexibility index (Phi) is 11.4. The van der Waals surface area contributed by atoms with Crippen molar-refractivity contribution in [3.8, 4) is 0 Å². The van der Waals surface area contributed by atoms with E-state index in [1.165, 1.54) is 33.4 Å². The highest BCUT2D eigenvalue weighted by Crippen LogP contribution is 2.43. The fourth-order valence-electron chi connectivity index (χ4n) is 8.48. The predicted octanol–water partition coefficient (Wildman–Crippen LogP) is 10.6. The van der Waals surface area contributed by atoms with Crippen LogP contribution in [0.2, 0.25) is 13.1 Å². The van der Waals surface area contributed by atoms with Crippen LogP contribution in [0.15, 0.2) is 195 Å². The lowest BCUT2D eigenvalue weighted by atomic mass is 9.74. The van der Waals surface area contributed by atoms with E-state index < -0.39 is 20.1 Å². The predicted molar refractivity (Wildman–Crippen MR) is 230 cm³/mol. The van der Waals surface area contributed by atoms with Crippen LogP contribution in [0.4, 0.5) is 0 Å². The molecule has 0 fully saturated rings. The molecule has 7 rings (SSSR count). The molecule has 6 aromatic carbocycles. The Morgan fingerprint density at radius 2 is 0.891 bits per heavy atom. The summed E-state index contributed by atoms with van der Waals surface area (Å²) in [6, 6.07) is 65.2. The molecule has 1 heterocycles. The Balaban J connectivity index is 1.49. The lowest BCUT2D eigenvalue weighted by Gasteiger charge is -2.46. The van der Waals surface area contributed by atoms with Crippen LogP contribution in [-0.4, -0.2) is 30.7 Å². The molecule has 0 saturated carbocycles. The van der Waals surface area contributed by atoms with Gasteiger partial charge in [0, 0.05) is 24.4 Å². The molecule has 0 amide bonds. The summed E-state index contributed by atoms with van der Waals surface area (Å²) in [5.74, 6) is 0. The van der Waals surface area contributed by atoms with Gasteiger partial charge in [-0.05, 0) is 51.9 Å². The zero-order chi connectivity index (χ0) is 38.3. The van der Waals surface area contributed by atoms with Crippen molar-refractivity contribution in [2.75, 3.05) is 0 Å². The summed E-state index contributed by atoms with van der Waals surface area (Å²) in [7, 11) is -1.52. The summed E-state index contributed by atoms with van der Waals surface area (Å²) in [5, 5.41) is 4.42. The van der Waals surface area contributed by atoms with E-state index in [2.05, 4.69) is 232 Å². The van der Waals surface area contributed by atoms with Crippen LogP contribution in [0.1, 0.15) is 59.8 Å². The van der Waals surface area contributed by atoms with Gasteiger partial charge in [-0.25, -0.2) is 4.98 Å². The van der Waals surface area contributed by atoms with Gasteiger partial charge in [-0.15, -0.1) is 0 Å². The molecule has 278 valence electrons. The number of hydrogen-bond donors (Lipinski definition) is 1. The number of hydrogen-bond acceptors (Lipinski definition) is 3. The number of rotatable bonds is 14. The second-order valence-corrected chi connectivity index (χ2v) is 18.2. The van der Waals surface area contributed by atoms with Crippen molar-refractivity contribution in [1.82, 2.24) is 14.9 Å². The van der Waals surface area contributed by atoms with E-state index in [9.17, 15) is 0 Å². The van der Waals surface area contributed by atoms with Gasteiger partial charge in [0.1, 0.15) is 5.54 Å². The highest BCUT2D eigenvalue weighted by molar-refractivity contribution is 6.48. The average molecular weight is 740 g/mol. The van der Waals surface area contributed by atoms with Gasteiger partial charge in [0.25, 0.3) is 0 Å². The molecule has 0 aliphatic rings. The number of nitrogens with one attached hydrogen (secondary N) is 1. The van der Waals surface area contributed by atoms with E-state index in [1.807, 2.05) is 6.33 Å². The van der Waals surface area contributed by atoms with Gasteiger partial charge in [-0.3, -0.25) is 5.32 Å². The molecule has 0 radical (unpaired) electrons. The van der Waals surface area contributed by atoms with Gasteiger partial charge in [0.2, 0.25) is 0 Å². The molecule has 0 saturated heterocycles. The van der Waals surface area contributed by atoms with Crippen LogP contribution in [0.5, 0.6) is 0 Å². The Labute approximate surface area is 329 Å². The normalized spacial score (nSPS) is 13.4. The topological polar surface area (TPSA) is 39.1 Å². The van der Waals surface area contributed by atoms with Crippen LogP contribution < -0.4 is 5.32 Å². The highest BCUT2D eigenvalue weighted by atomic mass is 28.3. The van der Waals surface area contributed by atoms with Crippen LogP contribution in [0.25, 0.3) is 0 Å². The molecule has 55 heavy (non-hydrogen) atoms. The third-order valence-corrected chi connectivity index (χ3v) is 11.6. The minimum absolute atomic E-state index is 0.127. The molecule has 1 N–H and O–H groups in total. The molecule has 5 heteroatoms. The zero-order valence-electron chi connectivity index (χ0n) is 32.7. The second kappa shape index (κ2) is 16.6. The third kappa shape index (κ3) is 7.65. The van der Waals surface area contributed by atoms with Gasteiger partial charge in [0.05, 0.1) is 18.0 Å². The molecule has 4 nitrogen and oxygen atoms in total. The minimum atomic E-state index is -1.52. The van der Waals surface area contributed by atoms with Gasteiger partial charge in [-0.1, -0.05) is 203 Å². The first-order chi connectivity index (χ1) is 26.7. The Bertz CT molecular complexity index is 2010. The Morgan fingerprint density at radius 1 is 0.545 bits per heavy atom.